The van der Waals surface area contributed by atoms with Gasteiger partial charge in [0.05, 0.1) is 6.26 Å². The topological polar surface area (TPSA) is 79.5 Å². The first-order valence-corrected chi connectivity index (χ1v) is 11.4. The number of ether oxygens (including phenoxy) is 2. The molecule has 0 unspecified atom stereocenters. The van der Waals surface area contributed by atoms with E-state index in [4.69, 9.17) is 13.9 Å². The van der Waals surface area contributed by atoms with Gasteiger partial charge in [-0.05, 0) is 65.0 Å². The first kappa shape index (κ1) is 25.0. The van der Waals surface area contributed by atoms with E-state index in [2.05, 4.69) is 15.2 Å². The molecule has 1 aliphatic rings. The van der Waals surface area contributed by atoms with E-state index in [-0.39, 0.29) is 6.09 Å². The van der Waals surface area contributed by atoms with Gasteiger partial charge < -0.3 is 29.0 Å². The second-order valence-corrected chi connectivity index (χ2v) is 8.91. The number of carbonyl (C=O) groups is 1. The van der Waals surface area contributed by atoms with Gasteiger partial charge in [-0.15, -0.1) is 0 Å². The molecule has 0 atom stereocenters. The van der Waals surface area contributed by atoms with Crippen LogP contribution in [0.25, 0.3) is 0 Å². The molecular formula is C23H40N4O4. The summed E-state index contributed by atoms with van der Waals surface area (Å²) in [5.74, 6) is 2.26. The molecule has 8 nitrogen and oxygen atoms in total. The molecule has 0 saturated carbocycles. The fourth-order valence-electron chi connectivity index (χ4n) is 3.57. The minimum atomic E-state index is -0.462. The number of amides is 1. The average molecular weight is 437 g/mol. The molecule has 0 aromatic carbocycles. The zero-order chi connectivity index (χ0) is 22.7. The molecule has 1 N–H and O–H groups in total. The number of nitrogens with one attached hydrogen (secondary N) is 1. The summed E-state index contributed by atoms with van der Waals surface area (Å²) in [5, 5.41) is 3.43. The molecule has 0 bridgehead atoms. The van der Waals surface area contributed by atoms with Crippen LogP contribution in [0.3, 0.4) is 0 Å². The summed E-state index contributed by atoms with van der Waals surface area (Å²) in [6.45, 7) is 13.0. The highest BCUT2D eigenvalue weighted by atomic mass is 16.6. The maximum Gasteiger partial charge on any atom is 0.410 e. The van der Waals surface area contributed by atoms with Crippen molar-refractivity contribution < 1.29 is 18.7 Å². The lowest BCUT2D eigenvalue weighted by Crippen LogP contribution is -2.48. The number of nitrogens with zero attached hydrogens (tertiary/aromatic N) is 3. The van der Waals surface area contributed by atoms with Crippen molar-refractivity contribution in [1.82, 2.24) is 15.1 Å². The van der Waals surface area contributed by atoms with Gasteiger partial charge in [-0.2, -0.15) is 0 Å². The SMILES string of the molecule is CCN(CC1CCN(C(=NC)NCCCOCc2ccco2)CC1)C(=O)OC(C)(C)C. The van der Waals surface area contributed by atoms with E-state index in [1.165, 1.54) is 0 Å². The number of carbonyl (C=O) groups excluding carboxylic acids is 1. The van der Waals surface area contributed by atoms with Gasteiger partial charge in [0.25, 0.3) is 0 Å². The maximum absolute atomic E-state index is 12.4. The first-order valence-electron chi connectivity index (χ1n) is 11.4. The summed E-state index contributed by atoms with van der Waals surface area (Å²) < 4.78 is 16.4. The molecule has 1 aliphatic heterocycles. The molecule has 0 aliphatic carbocycles. The van der Waals surface area contributed by atoms with Gasteiger partial charge in [-0.25, -0.2) is 4.79 Å². The second-order valence-electron chi connectivity index (χ2n) is 8.91. The van der Waals surface area contributed by atoms with Crippen molar-refractivity contribution in [3.05, 3.63) is 24.2 Å². The average Bonchev–Trinajstić information content (AvgIpc) is 3.24. The molecule has 31 heavy (non-hydrogen) atoms. The van der Waals surface area contributed by atoms with Crippen LogP contribution in [0, 0.1) is 5.92 Å². The van der Waals surface area contributed by atoms with E-state index in [1.807, 2.05) is 51.8 Å². The zero-order valence-corrected chi connectivity index (χ0v) is 19.9. The van der Waals surface area contributed by atoms with Crippen molar-refractivity contribution in [1.29, 1.82) is 0 Å². The highest BCUT2D eigenvalue weighted by molar-refractivity contribution is 5.79. The van der Waals surface area contributed by atoms with E-state index in [0.29, 0.717) is 25.7 Å². The van der Waals surface area contributed by atoms with Crippen molar-refractivity contribution in [2.24, 2.45) is 10.9 Å². The van der Waals surface area contributed by atoms with Gasteiger partial charge in [-0.1, -0.05) is 0 Å². The number of likely N-dealkylation sites (tertiary alicyclic amines) is 1. The third-order valence-corrected chi connectivity index (χ3v) is 5.21. The van der Waals surface area contributed by atoms with Crippen LogP contribution in [0.4, 0.5) is 4.79 Å². The summed E-state index contributed by atoms with van der Waals surface area (Å²) in [5.41, 5.74) is -0.462. The Kier molecular flexibility index (Phi) is 10.2. The summed E-state index contributed by atoms with van der Waals surface area (Å²) in [6.07, 6.45) is 4.41. The van der Waals surface area contributed by atoms with E-state index >= 15 is 0 Å². The highest BCUT2D eigenvalue weighted by Gasteiger charge is 2.27. The van der Waals surface area contributed by atoms with Crippen molar-refractivity contribution in [3.63, 3.8) is 0 Å². The van der Waals surface area contributed by atoms with Crippen LogP contribution < -0.4 is 5.32 Å². The summed E-state index contributed by atoms with van der Waals surface area (Å²) >= 11 is 0. The van der Waals surface area contributed by atoms with Gasteiger partial charge in [-0.3, -0.25) is 4.99 Å². The molecule has 0 radical (unpaired) electrons. The number of piperidine rings is 1. The fourth-order valence-corrected chi connectivity index (χ4v) is 3.57. The Hall–Kier alpha value is -2.22. The Morgan fingerprint density at radius 3 is 2.68 bits per heavy atom. The number of hydrogen-bond donors (Lipinski definition) is 1. The van der Waals surface area contributed by atoms with Gasteiger partial charge >= 0.3 is 6.09 Å². The van der Waals surface area contributed by atoms with Crippen LogP contribution in [0.15, 0.2) is 27.8 Å². The highest BCUT2D eigenvalue weighted by Crippen LogP contribution is 2.20. The molecule has 1 aromatic rings. The van der Waals surface area contributed by atoms with Crippen molar-refractivity contribution in [2.75, 3.05) is 46.4 Å². The molecule has 1 saturated heterocycles. The monoisotopic (exact) mass is 436 g/mol. The number of hydrogen-bond acceptors (Lipinski definition) is 5. The van der Waals surface area contributed by atoms with Crippen LogP contribution >= 0.6 is 0 Å². The predicted octanol–water partition coefficient (Wildman–Crippen LogP) is 3.73. The molecule has 1 aromatic heterocycles. The van der Waals surface area contributed by atoms with Gasteiger partial charge in [0.1, 0.15) is 18.0 Å². The largest absolute Gasteiger partial charge is 0.467 e. The lowest BCUT2D eigenvalue weighted by Gasteiger charge is -2.36. The van der Waals surface area contributed by atoms with E-state index < -0.39 is 5.60 Å². The quantitative estimate of drug-likeness (QED) is 0.361. The Bertz CT molecular complexity index is 662. The molecular weight excluding hydrogens is 396 g/mol. The van der Waals surface area contributed by atoms with Crippen LogP contribution in [0.1, 0.15) is 52.7 Å². The van der Waals surface area contributed by atoms with Gasteiger partial charge in [0.2, 0.25) is 0 Å². The Balaban J connectivity index is 1.65. The lowest BCUT2D eigenvalue weighted by molar-refractivity contribution is 0.0214. The van der Waals surface area contributed by atoms with Crippen LogP contribution in [-0.4, -0.2) is 73.8 Å². The van der Waals surface area contributed by atoms with E-state index in [0.717, 1.165) is 57.2 Å². The third-order valence-electron chi connectivity index (χ3n) is 5.21. The summed E-state index contributed by atoms with van der Waals surface area (Å²) in [6, 6.07) is 3.78. The van der Waals surface area contributed by atoms with Gasteiger partial charge in [0, 0.05) is 46.4 Å². The van der Waals surface area contributed by atoms with Crippen molar-refractivity contribution >= 4 is 12.1 Å². The molecule has 1 fully saturated rings. The first-order chi connectivity index (χ1) is 14.8. The number of furan rings is 1. The third kappa shape index (κ3) is 9.21. The number of guanidine groups is 1. The Morgan fingerprint density at radius 2 is 2.10 bits per heavy atom. The molecule has 1 amide bonds. The second kappa shape index (κ2) is 12.6. The fraction of sp³-hybridized carbons (Fsp3) is 0.739. The van der Waals surface area contributed by atoms with E-state index in [1.54, 1.807) is 6.26 Å². The molecule has 176 valence electrons. The normalized spacial score (nSPS) is 15.8. The van der Waals surface area contributed by atoms with Crippen LogP contribution in [-0.2, 0) is 16.1 Å². The lowest BCUT2D eigenvalue weighted by atomic mass is 9.96. The Labute approximate surface area is 187 Å². The minimum absolute atomic E-state index is 0.218. The van der Waals surface area contributed by atoms with Crippen LogP contribution in [0.2, 0.25) is 0 Å². The molecule has 0 spiro atoms. The standard InChI is InChI=1S/C23H40N4O4/c1-6-26(22(28)31-23(2,3)4)17-19-10-13-27(14-11-19)21(24-5)25-12-8-15-29-18-20-9-7-16-30-20/h7,9,16,19H,6,8,10-15,17-18H2,1-5H3,(H,24,25). The molecule has 8 heteroatoms. The van der Waals surface area contributed by atoms with Crippen LogP contribution in [0.5, 0.6) is 0 Å². The maximum atomic E-state index is 12.4. The molecule has 2 rings (SSSR count). The van der Waals surface area contributed by atoms with Crippen molar-refractivity contribution in [3.8, 4) is 0 Å². The predicted molar refractivity (Wildman–Crippen MR) is 122 cm³/mol. The number of rotatable bonds is 9. The molecule has 2 heterocycles. The van der Waals surface area contributed by atoms with Gasteiger partial charge in [0.15, 0.2) is 5.96 Å². The minimum Gasteiger partial charge on any atom is -0.467 e. The summed E-state index contributed by atoms with van der Waals surface area (Å²) in [7, 11) is 1.82. The van der Waals surface area contributed by atoms with Crippen molar-refractivity contribution in [2.45, 2.75) is 59.2 Å². The van der Waals surface area contributed by atoms with E-state index in [9.17, 15) is 4.79 Å². The Morgan fingerprint density at radius 1 is 1.35 bits per heavy atom. The summed E-state index contributed by atoms with van der Waals surface area (Å²) in [4.78, 5) is 20.9. The number of aliphatic imine (C=N–C) groups is 1. The zero-order valence-electron chi connectivity index (χ0n) is 19.9. The smallest absolute Gasteiger partial charge is 0.410 e.